The van der Waals surface area contributed by atoms with Crippen LogP contribution in [0.4, 0.5) is 0 Å². The van der Waals surface area contributed by atoms with E-state index in [1.54, 1.807) is 12.1 Å². The number of benzene rings is 1. The van der Waals surface area contributed by atoms with Crippen LogP contribution in [0, 0.1) is 0 Å². The van der Waals surface area contributed by atoms with Crippen molar-refractivity contribution in [3.8, 4) is 0 Å². The maximum Gasteiger partial charge on any atom is 0.255 e. The highest BCUT2D eigenvalue weighted by Crippen LogP contribution is 2.23. The number of halogens is 2. The van der Waals surface area contributed by atoms with E-state index in [9.17, 15) is 4.79 Å². The summed E-state index contributed by atoms with van der Waals surface area (Å²) in [5.41, 5.74) is 0.573. The average Bonchev–Trinajstić information content (AvgIpc) is 2.22. The highest BCUT2D eigenvalue weighted by atomic mass is 79.9. The lowest BCUT2D eigenvalue weighted by molar-refractivity contribution is 0.0630. The molecule has 1 saturated heterocycles. The van der Waals surface area contributed by atoms with Crippen molar-refractivity contribution in [2.75, 3.05) is 19.6 Å². The van der Waals surface area contributed by atoms with Crippen molar-refractivity contribution in [1.82, 2.24) is 10.2 Å². The van der Waals surface area contributed by atoms with E-state index in [0.29, 0.717) is 23.2 Å². The van der Waals surface area contributed by atoms with Crippen molar-refractivity contribution in [3.63, 3.8) is 0 Å². The predicted octanol–water partition coefficient (Wildman–Crippen LogP) is 2.54. The van der Waals surface area contributed by atoms with Crippen LogP contribution < -0.4 is 5.32 Å². The molecule has 0 radical (unpaired) electrons. The lowest BCUT2D eigenvalue weighted by Crippen LogP contribution is -2.58. The minimum Gasteiger partial charge on any atom is -0.333 e. The van der Waals surface area contributed by atoms with E-state index in [1.807, 2.05) is 17.9 Å². The predicted molar refractivity (Wildman–Crippen MR) is 72.5 cm³/mol. The molecule has 1 amide bonds. The van der Waals surface area contributed by atoms with Gasteiger partial charge in [-0.15, -0.1) is 0 Å². The first-order valence-corrected chi connectivity index (χ1v) is 6.77. The monoisotopic (exact) mass is 316 g/mol. The van der Waals surface area contributed by atoms with Gasteiger partial charge in [0.1, 0.15) is 0 Å². The van der Waals surface area contributed by atoms with Gasteiger partial charge in [-0.05, 0) is 25.1 Å². The summed E-state index contributed by atoms with van der Waals surface area (Å²) in [5, 5.41) is 3.67. The Bertz CT molecular complexity index is 435. The van der Waals surface area contributed by atoms with E-state index in [2.05, 4.69) is 21.2 Å². The topological polar surface area (TPSA) is 32.3 Å². The lowest BCUT2D eigenvalue weighted by atomic mass is 10.1. The van der Waals surface area contributed by atoms with Crippen LogP contribution in [0.1, 0.15) is 17.3 Å². The molecule has 5 heteroatoms. The maximum atomic E-state index is 12.3. The van der Waals surface area contributed by atoms with Crippen LogP contribution >= 0.6 is 27.5 Å². The molecule has 92 valence electrons. The molecule has 1 aliphatic rings. The van der Waals surface area contributed by atoms with Gasteiger partial charge in [-0.1, -0.05) is 27.5 Å². The Labute approximate surface area is 114 Å². The molecule has 0 aromatic heterocycles. The molecule has 0 bridgehead atoms. The number of likely N-dealkylation sites (N-methyl/N-ethyl adjacent to an activating group) is 1. The van der Waals surface area contributed by atoms with E-state index >= 15 is 0 Å². The number of carbonyl (C=O) groups is 1. The molecule has 0 spiro atoms. The van der Waals surface area contributed by atoms with Crippen LogP contribution in [0.25, 0.3) is 0 Å². The molecule has 3 nitrogen and oxygen atoms in total. The van der Waals surface area contributed by atoms with Crippen LogP contribution in [-0.4, -0.2) is 36.5 Å². The third kappa shape index (κ3) is 2.64. The Kier molecular flexibility index (Phi) is 4.07. The van der Waals surface area contributed by atoms with Crippen molar-refractivity contribution in [3.05, 3.63) is 33.3 Å². The zero-order chi connectivity index (χ0) is 12.4. The Morgan fingerprint density at radius 1 is 1.59 bits per heavy atom. The molecule has 1 fully saturated rings. The molecule has 0 atom stereocenters. The molecular weight excluding hydrogens is 304 g/mol. The molecule has 1 N–H and O–H groups in total. The Morgan fingerprint density at radius 3 is 2.76 bits per heavy atom. The molecule has 0 unspecified atom stereocenters. The van der Waals surface area contributed by atoms with Crippen LogP contribution in [0.5, 0.6) is 0 Å². The molecule has 0 saturated carbocycles. The van der Waals surface area contributed by atoms with E-state index < -0.39 is 0 Å². The van der Waals surface area contributed by atoms with Crippen molar-refractivity contribution in [2.24, 2.45) is 0 Å². The Hall–Kier alpha value is -0.580. The summed E-state index contributed by atoms with van der Waals surface area (Å²) in [7, 11) is 0. The lowest BCUT2D eigenvalue weighted by Gasteiger charge is -2.37. The third-order valence-corrected chi connectivity index (χ3v) is 3.77. The van der Waals surface area contributed by atoms with E-state index in [-0.39, 0.29) is 5.91 Å². The summed E-state index contributed by atoms with van der Waals surface area (Å²) >= 11 is 9.43. The number of hydrogen-bond acceptors (Lipinski definition) is 2. The summed E-state index contributed by atoms with van der Waals surface area (Å²) in [4.78, 5) is 14.2. The number of nitrogens with one attached hydrogen (secondary N) is 1. The summed E-state index contributed by atoms with van der Waals surface area (Å²) in [6, 6.07) is 5.66. The molecule has 1 aromatic carbocycles. The maximum absolute atomic E-state index is 12.3. The highest BCUT2D eigenvalue weighted by Gasteiger charge is 2.28. The molecule has 1 aromatic rings. The van der Waals surface area contributed by atoms with Crippen molar-refractivity contribution >= 4 is 33.4 Å². The summed E-state index contributed by atoms with van der Waals surface area (Å²) in [5.74, 6) is 0.0106. The zero-order valence-corrected chi connectivity index (χ0v) is 11.9. The standard InChI is InChI=1S/C12H14BrClN2O/c1-2-16(9-6-15-7-9)12(17)10-4-3-8(13)5-11(10)14/h3-5,9,15H,2,6-7H2,1H3. The summed E-state index contributed by atoms with van der Waals surface area (Å²) in [6.07, 6.45) is 0. The molecule has 2 rings (SSSR count). The number of carbonyl (C=O) groups excluding carboxylic acids is 1. The first-order chi connectivity index (χ1) is 8.13. The molecular formula is C12H14BrClN2O. The SMILES string of the molecule is CCN(C(=O)c1ccc(Br)cc1Cl)C1CNC1. The van der Waals surface area contributed by atoms with Gasteiger partial charge in [0.2, 0.25) is 0 Å². The largest absolute Gasteiger partial charge is 0.333 e. The Balaban J connectivity index is 2.22. The fourth-order valence-corrected chi connectivity index (χ4v) is 2.63. The Morgan fingerprint density at radius 2 is 2.29 bits per heavy atom. The van der Waals surface area contributed by atoms with E-state index in [4.69, 9.17) is 11.6 Å². The van der Waals surface area contributed by atoms with Gasteiger partial charge < -0.3 is 10.2 Å². The second-order valence-electron chi connectivity index (χ2n) is 4.03. The van der Waals surface area contributed by atoms with Crippen LogP contribution in [0.2, 0.25) is 5.02 Å². The number of hydrogen-bond donors (Lipinski definition) is 1. The van der Waals surface area contributed by atoms with Crippen LogP contribution in [0.15, 0.2) is 22.7 Å². The number of rotatable bonds is 3. The minimum absolute atomic E-state index is 0.0106. The third-order valence-electron chi connectivity index (χ3n) is 2.96. The smallest absolute Gasteiger partial charge is 0.255 e. The van der Waals surface area contributed by atoms with Crippen molar-refractivity contribution in [1.29, 1.82) is 0 Å². The van der Waals surface area contributed by atoms with Gasteiger partial charge in [0.25, 0.3) is 5.91 Å². The van der Waals surface area contributed by atoms with Crippen molar-refractivity contribution < 1.29 is 4.79 Å². The van der Waals surface area contributed by atoms with Gasteiger partial charge in [-0.3, -0.25) is 4.79 Å². The second-order valence-corrected chi connectivity index (χ2v) is 5.35. The second kappa shape index (κ2) is 5.38. The average molecular weight is 318 g/mol. The van der Waals surface area contributed by atoms with Gasteiger partial charge in [0.15, 0.2) is 0 Å². The van der Waals surface area contributed by atoms with E-state index in [1.165, 1.54) is 0 Å². The highest BCUT2D eigenvalue weighted by molar-refractivity contribution is 9.10. The molecule has 1 aliphatic heterocycles. The summed E-state index contributed by atoms with van der Waals surface area (Å²) < 4.78 is 0.882. The van der Waals surface area contributed by atoms with Gasteiger partial charge in [-0.2, -0.15) is 0 Å². The van der Waals surface area contributed by atoms with Crippen molar-refractivity contribution in [2.45, 2.75) is 13.0 Å². The number of nitrogens with zero attached hydrogens (tertiary/aromatic N) is 1. The van der Waals surface area contributed by atoms with Gasteiger partial charge in [0.05, 0.1) is 16.6 Å². The quantitative estimate of drug-likeness (QED) is 0.929. The molecule has 1 heterocycles. The van der Waals surface area contributed by atoms with Gasteiger partial charge in [-0.25, -0.2) is 0 Å². The van der Waals surface area contributed by atoms with Crippen LogP contribution in [0.3, 0.4) is 0 Å². The minimum atomic E-state index is 0.0106. The van der Waals surface area contributed by atoms with Gasteiger partial charge >= 0.3 is 0 Å². The van der Waals surface area contributed by atoms with E-state index in [0.717, 1.165) is 17.6 Å². The normalized spacial score (nSPS) is 15.5. The fourth-order valence-electron chi connectivity index (χ4n) is 1.88. The first-order valence-electron chi connectivity index (χ1n) is 5.60. The summed E-state index contributed by atoms with van der Waals surface area (Å²) in [6.45, 7) is 4.43. The van der Waals surface area contributed by atoms with Crippen LogP contribution in [-0.2, 0) is 0 Å². The van der Waals surface area contributed by atoms with Gasteiger partial charge in [0, 0.05) is 24.1 Å². The number of amides is 1. The first kappa shape index (κ1) is 12.9. The molecule has 0 aliphatic carbocycles. The fraction of sp³-hybridized carbons (Fsp3) is 0.417. The molecule has 17 heavy (non-hydrogen) atoms. The zero-order valence-electron chi connectivity index (χ0n) is 9.54.